The molecule has 0 aromatic heterocycles. The molecule has 1 aliphatic rings. The molecule has 0 N–H and O–H groups in total. The molecule has 0 saturated carbocycles. The molecular formula is C15H13Ti. The van der Waals surface area contributed by atoms with Gasteiger partial charge in [-0.25, -0.2) is 0 Å². The van der Waals surface area contributed by atoms with Gasteiger partial charge in [-0.15, -0.1) is 0 Å². The Morgan fingerprint density at radius 3 is 2.50 bits per heavy atom. The summed E-state index contributed by atoms with van der Waals surface area (Å²) in [6.07, 6.45) is 1.11. The topological polar surface area (TPSA) is 0 Å². The van der Waals surface area contributed by atoms with E-state index in [0.29, 0.717) is 0 Å². The van der Waals surface area contributed by atoms with E-state index in [1.165, 1.54) is 37.2 Å². The Labute approximate surface area is 108 Å². The average molecular weight is 241 g/mol. The molecule has 2 aromatic carbocycles. The first-order chi connectivity index (χ1) is 7.65. The van der Waals surface area contributed by atoms with Crippen molar-refractivity contribution in [3.63, 3.8) is 0 Å². The van der Waals surface area contributed by atoms with Gasteiger partial charge in [0.15, 0.2) is 0 Å². The van der Waals surface area contributed by atoms with Crippen LogP contribution in [0.4, 0.5) is 0 Å². The van der Waals surface area contributed by atoms with E-state index in [4.69, 9.17) is 0 Å². The molecule has 16 heavy (non-hydrogen) atoms. The van der Waals surface area contributed by atoms with Crippen molar-refractivity contribution in [1.82, 2.24) is 0 Å². The van der Waals surface area contributed by atoms with E-state index in [0.717, 1.165) is 6.42 Å². The Balaban J connectivity index is 2.31. The Morgan fingerprint density at radius 1 is 0.938 bits per heavy atom. The zero-order chi connectivity index (χ0) is 11.3. The van der Waals surface area contributed by atoms with Crippen LogP contribution in [0.25, 0.3) is 11.1 Å². The van der Waals surface area contributed by atoms with Gasteiger partial charge in [-0.1, -0.05) is 0 Å². The normalized spacial score (nSPS) is 12.3. The second kappa shape index (κ2) is 3.58. The molecule has 0 spiro atoms. The number of hydrogen-bond acceptors (Lipinski definition) is 0. The molecule has 3 rings (SSSR count). The molecule has 2 aromatic rings. The van der Waals surface area contributed by atoms with Crippen molar-refractivity contribution in [1.29, 1.82) is 0 Å². The first kappa shape index (κ1) is 10.3. The molecular weight excluding hydrogens is 228 g/mol. The fourth-order valence-corrected chi connectivity index (χ4v) is 3.24. The van der Waals surface area contributed by atoms with Crippen LogP contribution < -0.4 is 3.87 Å². The van der Waals surface area contributed by atoms with E-state index in [1.54, 1.807) is 0 Å². The minimum absolute atomic E-state index is 1.11. The molecule has 0 nitrogen and oxygen atoms in total. The second-order valence-electron chi connectivity index (χ2n) is 4.68. The summed E-state index contributed by atoms with van der Waals surface area (Å²) < 4.78 is 1.43. The molecule has 0 radical (unpaired) electrons. The zero-order valence-electron chi connectivity index (χ0n) is 9.59. The van der Waals surface area contributed by atoms with Gasteiger partial charge in [0.2, 0.25) is 0 Å². The van der Waals surface area contributed by atoms with Crippen LogP contribution in [0.1, 0.15) is 22.3 Å². The van der Waals surface area contributed by atoms with Gasteiger partial charge in [0.05, 0.1) is 0 Å². The summed E-state index contributed by atoms with van der Waals surface area (Å²) in [5.74, 6) is 0. The van der Waals surface area contributed by atoms with Crippen LogP contribution in [0.3, 0.4) is 0 Å². The molecule has 0 aliphatic heterocycles. The molecule has 77 valence electrons. The predicted octanol–water partition coefficient (Wildman–Crippen LogP) is 3.05. The van der Waals surface area contributed by atoms with E-state index < -0.39 is 0 Å². The fourth-order valence-electron chi connectivity index (χ4n) is 2.53. The summed E-state index contributed by atoms with van der Waals surface area (Å²) in [7, 11) is 0. The summed E-state index contributed by atoms with van der Waals surface area (Å²) in [6.45, 7) is 4.35. The van der Waals surface area contributed by atoms with E-state index in [9.17, 15) is 0 Å². The Hall–Kier alpha value is -0.846. The van der Waals surface area contributed by atoms with Gasteiger partial charge >= 0.3 is 108 Å². The molecule has 0 atom stereocenters. The minimum atomic E-state index is 1.11. The predicted molar refractivity (Wildman–Crippen MR) is 63.8 cm³/mol. The standard InChI is InChI=1S/C15H13.Ti/c1-10-3-5-12-9-13-6-4-11(2)8-15(13)14(12)7-10;/h3-5,7-8H,9H2,1-2H3;. The number of aryl methyl sites for hydroxylation is 2. The van der Waals surface area contributed by atoms with Crippen LogP contribution in [0, 0.1) is 13.8 Å². The third-order valence-corrected chi connectivity index (χ3v) is 4.01. The van der Waals surface area contributed by atoms with E-state index in [-0.39, 0.29) is 0 Å². The number of fused-ring (bicyclic) bond motifs is 3. The molecule has 0 fully saturated rings. The Bertz CT molecular complexity index is 582. The maximum absolute atomic E-state index is 2.33. The number of benzene rings is 2. The molecule has 0 heterocycles. The van der Waals surface area contributed by atoms with Gasteiger partial charge in [0.25, 0.3) is 0 Å². The van der Waals surface area contributed by atoms with E-state index in [1.807, 2.05) is 0 Å². The second-order valence-corrected chi connectivity index (χ2v) is 5.52. The molecule has 0 saturated heterocycles. The molecule has 0 bridgehead atoms. The first-order valence-electron chi connectivity index (χ1n) is 5.60. The van der Waals surface area contributed by atoms with Gasteiger partial charge in [-0.2, -0.15) is 0 Å². The van der Waals surface area contributed by atoms with Crippen molar-refractivity contribution in [2.75, 3.05) is 0 Å². The monoisotopic (exact) mass is 241 g/mol. The van der Waals surface area contributed by atoms with Crippen LogP contribution >= 0.6 is 0 Å². The first-order valence-corrected chi connectivity index (χ1v) is 6.38. The van der Waals surface area contributed by atoms with Crippen molar-refractivity contribution >= 4 is 3.87 Å². The molecule has 0 amide bonds. The molecule has 1 heteroatoms. The number of hydrogen-bond donors (Lipinski definition) is 0. The Kier molecular flexibility index (Phi) is 2.31. The van der Waals surface area contributed by atoms with Crippen LogP contribution in [0.15, 0.2) is 30.3 Å². The van der Waals surface area contributed by atoms with Gasteiger partial charge < -0.3 is 0 Å². The number of rotatable bonds is 0. The third kappa shape index (κ3) is 1.49. The van der Waals surface area contributed by atoms with Crippen molar-refractivity contribution < 1.29 is 20.4 Å². The fraction of sp³-hybridized carbons (Fsp3) is 0.200. The maximum atomic E-state index is 2.33. The molecule has 1 aliphatic carbocycles. The van der Waals surface area contributed by atoms with E-state index >= 15 is 0 Å². The summed E-state index contributed by atoms with van der Waals surface area (Å²) in [4.78, 5) is 0. The van der Waals surface area contributed by atoms with Gasteiger partial charge in [0, 0.05) is 0 Å². The van der Waals surface area contributed by atoms with Crippen molar-refractivity contribution in [3.8, 4) is 11.1 Å². The quantitative estimate of drug-likeness (QED) is 0.530. The van der Waals surface area contributed by atoms with Crippen molar-refractivity contribution in [2.45, 2.75) is 20.3 Å². The Morgan fingerprint density at radius 2 is 1.69 bits per heavy atom. The van der Waals surface area contributed by atoms with Crippen molar-refractivity contribution in [3.05, 3.63) is 52.6 Å². The van der Waals surface area contributed by atoms with Gasteiger partial charge in [0.1, 0.15) is 0 Å². The summed E-state index contributed by atoms with van der Waals surface area (Å²) in [5, 5.41) is 0. The average Bonchev–Trinajstić information content (AvgIpc) is 2.57. The third-order valence-electron chi connectivity index (χ3n) is 3.32. The molecule has 0 unspecified atom stereocenters. The van der Waals surface area contributed by atoms with Crippen LogP contribution in [0.2, 0.25) is 0 Å². The van der Waals surface area contributed by atoms with Gasteiger partial charge in [-0.3, -0.25) is 0 Å². The van der Waals surface area contributed by atoms with Crippen molar-refractivity contribution in [2.24, 2.45) is 0 Å². The summed E-state index contributed by atoms with van der Waals surface area (Å²) >= 11 is 2.23. The van der Waals surface area contributed by atoms with Crippen LogP contribution in [0.5, 0.6) is 0 Å². The van der Waals surface area contributed by atoms with Gasteiger partial charge in [-0.05, 0) is 0 Å². The SMILES string of the molecule is Cc1ccc2c(c1)-c1cc(C)c[c]([Ti])c1C2. The van der Waals surface area contributed by atoms with Crippen LogP contribution in [-0.4, -0.2) is 0 Å². The summed E-state index contributed by atoms with van der Waals surface area (Å²) in [6, 6.07) is 11.4. The van der Waals surface area contributed by atoms with E-state index in [2.05, 4.69) is 64.6 Å². The van der Waals surface area contributed by atoms with Crippen LogP contribution in [-0.2, 0) is 26.9 Å². The summed E-state index contributed by atoms with van der Waals surface area (Å²) in [5.41, 5.74) is 8.62. The zero-order valence-corrected chi connectivity index (χ0v) is 11.2.